The lowest BCUT2D eigenvalue weighted by Crippen LogP contribution is -2.36. The summed E-state index contributed by atoms with van der Waals surface area (Å²) in [6, 6.07) is 6.47. The summed E-state index contributed by atoms with van der Waals surface area (Å²) in [6.07, 6.45) is 0. The summed E-state index contributed by atoms with van der Waals surface area (Å²) >= 11 is 0. The number of benzene rings is 1. The summed E-state index contributed by atoms with van der Waals surface area (Å²) in [5, 5.41) is 12.6. The lowest BCUT2D eigenvalue weighted by atomic mass is 10.1. The Hall–Kier alpha value is -1.20. The average Bonchev–Trinajstić information content (AvgIpc) is 2.51. The molecule has 0 saturated heterocycles. The summed E-state index contributed by atoms with van der Waals surface area (Å²) in [7, 11) is -2.31. The zero-order valence-corrected chi connectivity index (χ0v) is 10.2. The quantitative estimate of drug-likeness (QED) is 0.629. The van der Waals surface area contributed by atoms with Gasteiger partial charge in [-0.3, -0.25) is 13.9 Å². The highest BCUT2D eigenvalue weighted by atomic mass is 31.2. The van der Waals surface area contributed by atoms with Crippen molar-refractivity contribution in [2.45, 2.75) is 5.79 Å². The van der Waals surface area contributed by atoms with E-state index in [1.807, 2.05) is 0 Å². The number of fused-ring (bicyclic) bond motifs is 1. The van der Waals surface area contributed by atoms with Crippen molar-refractivity contribution in [1.29, 1.82) is 0 Å². The van der Waals surface area contributed by atoms with Crippen molar-refractivity contribution < 1.29 is 23.5 Å². The molecule has 1 aromatic rings. The molecule has 6 nitrogen and oxygen atoms in total. The van der Waals surface area contributed by atoms with E-state index < -0.39 is 19.3 Å². The number of rotatable bonds is 3. The molecule has 2 N–H and O–H groups in total. The van der Waals surface area contributed by atoms with Gasteiger partial charge < -0.3 is 14.9 Å². The van der Waals surface area contributed by atoms with Crippen LogP contribution in [0.1, 0.15) is 5.56 Å². The van der Waals surface area contributed by atoms with Crippen LogP contribution in [-0.4, -0.2) is 24.8 Å². The van der Waals surface area contributed by atoms with Crippen LogP contribution in [0.25, 0.3) is 0 Å². The Balaban J connectivity index is 2.44. The zero-order chi connectivity index (χ0) is 12.7. The molecule has 0 unspecified atom stereocenters. The van der Waals surface area contributed by atoms with Gasteiger partial charge in [-0.05, 0) is 6.07 Å². The first-order chi connectivity index (χ1) is 7.89. The molecular weight excluding hydrogens is 245 g/mol. The second kappa shape index (κ2) is 3.92. The Morgan fingerprint density at radius 3 is 2.71 bits per heavy atom. The van der Waals surface area contributed by atoms with Crippen LogP contribution >= 0.6 is 7.60 Å². The lowest BCUT2D eigenvalue weighted by Gasteiger charge is -2.24. The average molecular weight is 257 g/mol. The van der Waals surface area contributed by atoms with Crippen LogP contribution in [0, 0.1) is 0 Å². The number of nitrogens with one attached hydrogen (secondary N) is 1. The molecule has 0 aliphatic carbocycles. The maximum absolute atomic E-state index is 11.7. The molecule has 1 heterocycles. The molecule has 0 saturated carbocycles. The molecule has 7 heteroatoms. The van der Waals surface area contributed by atoms with Crippen molar-refractivity contribution in [3.05, 3.63) is 29.8 Å². The van der Waals surface area contributed by atoms with Crippen molar-refractivity contribution in [2.75, 3.05) is 19.1 Å². The van der Waals surface area contributed by atoms with Crippen LogP contribution in [0.3, 0.4) is 0 Å². The fourth-order valence-electron chi connectivity index (χ4n) is 1.58. The number of hydrogen-bond acceptors (Lipinski definition) is 5. The van der Waals surface area contributed by atoms with E-state index in [0.29, 0.717) is 5.69 Å². The molecule has 0 aromatic heterocycles. The Morgan fingerprint density at radius 2 is 2.06 bits per heavy atom. The molecular formula is C10H12NO5P. The number of hydrogen-bond donors (Lipinski definition) is 2. The molecule has 0 bridgehead atoms. The third kappa shape index (κ3) is 2.00. The third-order valence-corrected chi connectivity index (χ3v) is 3.74. The van der Waals surface area contributed by atoms with Gasteiger partial charge >= 0.3 is 7.60 Å². The van der Waals surface area contributed by atoms with Gasteiger partial charge in [0.25, 0.3) is 11.7 Å². The van der Waals surface area contributed by atoms with Gasteiger partial charge in [-0.2, -0.15) is 0 Å². The summed E-state index contributed by atoms with van der Waals surface area (Å²) < 4.78 is 21.3. The monoisotopic (exact) mass is 257 g/mol. The van der Waals surface area contributed by atoms with Crippen LogP contribution in [0.15, 0.2) is 24.3 Å². The minimum Gasteiger partial charge on any atom is -0.354 e. The van der Waals surface area contributed by atoms with Crippen LogP contribution in [0.2, 0.25) is 0 Å². The van der Waals surface area contributed by atoms with Crippen LogP contribution in [0.4, 0.5) is 5.69 Å². The Bertz CT molecular complexity index is 517. The molecule has 1 aromatic carbocycles. The van der Waals surface area contributed by atoms with Crippen molar-refractivity contribution >= 4 is 19.2 Å². The fraction of sp³-hybridized carbons (Fsp3) is 0.300. The molecule has 0 radical (unpaired) electrons. The summed E-state index contributed by atoms with van der Waals surface area (Å²) in [5.41, 5.74) is 0.653. The van der Waals surface area contributed by atoms with Crippen molar-refractivity contribution in [3.63, 3.8) is 0 Å². The van der Waals surface area contributed by atoms with Gasteiger partial charge in [-0.1, -0.05) is 18.2 Å². The van der Waals surface area contributed by atoms with Gasteiger partial charge in [0.1, 0.15) is 0 Å². The Morgan fingerprint density at radius 1 is 1.41 bits per heavy atom. The maximum Gasteiger partial charge on any atom is 0.330 e. The van der Waals surface area contributed by atoms with Crippen LogP contribution in [0.5, 0.6) is 0 Å². The van der Waals surface area contributed by atoms with Crippen molar-refractivity contribution in [2.24, 2.45) is 0 Å². The minimum atomic E-state index is -3.49. The number of aliphatic hydroxyl groups is 1. The Labute approximate surface area is 98.1 Å². The highest BCUT2D eigenvalue weighted by Crippen LogP contribution is 2.51. The minimum absolute atomic E-state index is 0.226. The van der Waals surface area contributed by atoms with E-state index in [1.165, 1.54) is 19.8 Å². The molecule has 1 aliphatic heterocycles. The van der Waals surface area contributed by atoms with E-state index >= 15 is 0 Å². The first-order valence-electron chi connectivity index (χ1n) is 4.86. The lowest BCUT2D eigenvalue weighted by molar-refractivity contribution is -0.172. The largest absolute Gasteiger partial charge is 0.354 e. The first kappa shape index (κ1) is 12.3. The highest BCUT2D eigenvalue weighted by Gasteiger charge is 2.50. The van der Waals surface area contributed by atoms with Gasteiger partial charge in [0.05, 0.1) is 5.69 Å². The molecule has 17 heavy (non-hydrogen) atoms. The van der Waals surface area contributed by atoms with Gasteiger partial charge in [0.15, 0.2) is 0 Å². The maximum atomic E-state index is 11.7. The van der Waals surface area contributed by atoms with Gasteiger partial charge in [0, 0.05) is 19.3 Å². The Kier molecular flexibility index (Phi) is 2.83. The topological polar surface area (TPSA) is 84.9 Å². The van der Waals surface area contributed by atoms with E-state index in [-0.39, 0.29) is 5.56 Å². The molecule has 0 fully saturated rings. The van der Waals surface area contributed by atoms with Crippen LogP contribution < -0.4 is 5.32 Å². The van der Waals surface area contributed by atoms with E-state index in [1.54, 1.807) is 18.2 Å². The van der Waals surface area contributed by atoms with Crippen LogP contribution in [-0.2, 0) is 24.2 Å². The first-order valence-corrected chi connectivity index (χ1v) is 6.85. The SMILES string of the molecule is CO[P@@](C)(=O)O[C@]1(O)C(=O)Nc2ccccc21. The van der Waals surface area contributed by atoms with Gasteiger partial charge in [-0.25, -0.2) is 0 Å². The van der Waals surface area contributed by atoms with Crippen molar-refractivity contribution in [3.8, 4) is 0 Å². The van der Waals surface area contributed by atoms with E-state index in [2.05, 4.69) is 9.84 Å². The molecule has 2 atom stereocenters. The van der Waals surface area contributed by atoms with E-state index in [0.717, 1.165) is 0 Å². The smallest absolute Gasteiger partial charge is 0.330 e. The number of anilines is 1. The van der Waals surface area contributed by atoms with E-state index in [4.69, 9.17) is 4.52 Å². The summed E-state index contributed by atoms with van der Waals surface area (Å²) in [6.45, 7) is 1.18. The number of amides is 1. The number of carbonyl (C=O) groups excluding carboxylic acids is 1. The molecule has 2 rings (SSSR count). The second-order valence-electron chi connectivity index (χ2n) is 3.69. The summed E-state index contributed by atoms with van der Waals surface area (Å²) in [5.74, 6) is -3.05. The zero-order valence-electron chi connectivity index (χ0n) is 9.34. The fourth-order valence-corrected chi connectivity index (χ4v) is 2.32. The normalized spacial score (nSPS) is 26.2. The standard InChI is InChI=1S/C10H12NO5P/c1-15-17(2,14)16-10(13)7-5-3-4-6-8(7)11-9(10)12/h3-6,13H,1-2H3,(H,11,12)/t10-,17+/m0/s1. The molecule has 0 spiro atoms. The predicted octanol–water partition coefficient (Wildman–Crippen LogP) is 1.27. The molecule has 1 amide bonds. The highest BCUT2D eigenvalue weighted by molar-refractivity contribution is 7.53. The molecule has 1 aliphatic rings. The number of para-hydroxylation sites is 1. The second-order valence-corrected chi connectivity index (χ2v) is 5.78. The predicted molar refractivity (Wildman–Crippen MR) is 60.6 cm³/mol. The van der Waals surface area contributed by atoms with E-state index in [9.17, 15) is 14.5 Å². The number of carbonyl (C=O) groups is 1. The van der Waals surface area contributed by atoms with Gasteiger partial charge in [-0.15, -0.1) is 0 Å². The van der Waals surface area contributed by atoms with Gasteiger partial charge in [0.2, 0.25) is 0 Å². The third-order valence-electron chi connectivity index (χ3n) is 2.48. The van der Waals surface area contributed by atoms with Crippen molar-refractivity contribution in [1.82, 2.24) is 0 Å². The summed E-state index contributed by atoms with van der Waals surface area (Å²) in [4.78, 5) is 11.7. The molecule has 92 valence electrons.